The van der Waals surface area contributed by atoms with Gasteiger partial charge in [-0.15, -0.1) is 0 Å². The van der Waals surface area contributed by atoms with E-state index in [1.54, 1.807) is 13.2 Å². The van der Waals surface area contributed by atoms with Crippen LogP contribution in [0.15, 0.2) is 12.1 Å². The molecule has 3 unspecified atom stereocenters. The topological polar surface area (TPSA) is 67.8 Å². The summed E-state index contributed by atoms with van der Waals surface area (Å²) in [6.45, 7) is 1.04. The van der Waals surface area contributed by atoms with Crippen molar-refractivity contribution in [1.29, 1.82) is 0 Å². The van der Waals surface area contributed by atoms with E-state index >= 15 is 0 Å². The van der Waals surface area contributed by atoms with E-state index in [0.29, 0.717) is 18.1 Å². The molecule has 2 N–H and O–H groups in total. The molecule has 1 heterocycles. The molecule has 5 aliphatic rings. The van der Waals surface area contributed by atoms with E-state index in [9.17, 15) is 9.90 Å². The van der Waals surface area contributed by atoms with Crippen LogP contribution in [0.3, 0.4) is 0 Å². The Balaban J connectivity index is 1.56. The number of hydrogen-bond donors (Lipinski definition) is 2. The second-order valence-electron chi connectivity index (χ2n) is 8.97. The molecule has 1 aromatic rings. The molecule has 0 aromatic heterocycles. The summed E-state index contributed by atoms with van der Waals surface area (Å²) in [4.78, 5) is 12.9. The maximum Gasteiger partial charge on any atom is 0.174 e. The number of fused-ring (bicyclic) bond motifs is 1. The van der Waals surface area contributed by atoms with Crippen molar-refractivity contribution in [2.75, 3.05) is 13.7 Å². The van der Waals surface area contributed by atoms with Crippen LogP contribution in [0.25, 0.3) is 0 Å². The third kappa shape index (κ3) is 1.59. The molecule has 5 nitrogen and oxygen atoms in total. The maximum absolute atomic E-state index is 12.9. The molecule has 5 heteroatoms. The van der Waals surface area contributed by atoms with Crippen molar-refractivity contribution in [2.45, 2.75) is 61.7 Å². The molecule has 2 bridgehead atoms. The smallest absolute Gasteiger partial charge is 0.174 e. The Morgan fingerprint density at radius 2 is 2.23 bits per heavy atom. The number of hydrogen-bond acceptors (Lipinski definition) is 5. The van der Waals surface area contributed by atoms with E-state index in [4.69, 9.17) is 9.47 Å². The van der Waals surface area contributed by atoms with Gasteiger partial charge in [-0.05, 0) is 62.1 Å². The zero-order valence-electron chi connectivity index (χ0n) is 15.1. The van der Waals surface area contributed by atoms with E-state index in [1.807, 2.05) is 6.07 Å². The van der Waals surface area contributed by atoms with Crippen LogP contribution in [-0.4, -0.2) is 42.3 Å². The number of benzene rings is 1. The molecule has 0 amide bonds. The minimum atomic E-state index is -0.520. The van der Waals surface area contributed by atoms with E-state index in [-0.39, 0.29) is 17.6 Å². The lowest BCUT2D eigenvalue weighted by Crippen LogP contribution is -2.66. The Morgan fingerprint density at radius 1 is 1.38 bits per heavy atom. The average Bonchev–Trinajstić information content (AvgIpc) is 3.35. The van der Waals surface area contributed by atoms with Gasteiger partial charge < -0.3 is 19.9 Å². The lowest BCUT2D eigenvalue weighted by atomic mass is 9.58. The predicted octanol–water partition coefficient (Wildman–Crippen LogP) is 2.08. The monoisotopic (exact) mass is 355 g/mol. The normalized spacial score (nSPS) is 41.9. The Bertz CT molecular complexity index is 818. The second-order valence-corrected chi connectivity index (χ2v) is 8.97. The fourth-order valence-electron chi connectivity index (χ4n) is 6.74. The van der Waals surface area contributed by atoms with Crippen molar-refractivity contribution >= 4 is 5.78 Å². The van der Waals surface area contributed by atoms with E-state index in [1.165, 1.54) is 18.4 Å². The second kappa shape index (κ2) is 4.82. The van der Waals surface area contributed by atoms with Gasteiger partial charge in [-0.1, -0.05) is 6.07 Å². The minimum absolute atomic E-state index is 0.151. The number of carbonyl (C=O) groups excluding carboxylic acids is 1. The van der Waals surface area contributed by atoms with Crippen LogP contribution in [0, 0.1) is 11.8 Å². The molecular formula is C21H25NO4. The van der Waals surface area contributed by atoms with Gasteiger partial charge in [0, 0.05) is 25.1 Å². The fourth-order valence-corrected chi connectivity index (χ4v) is 6.74. The van der Waals surface area contributed by atoms with Crippen LogP contribution < -0.4 is 10.1 Å². The SMILES string of the molecule is CO[C@]12CCC(=O)[C@H]3Oc4c(O)ccc5c4C31CC(C5)C2NCC1CC1. The Kier molecular flexibility index (Phi) is 2.86. The minimum Gasteiger partial charge on any atom is -0.504 e. The molecule has 6 rings (SSSR count). The number of methoxy groups -OCH3 is 1. The molecule has 1 aromatic carbocycles. The number of carbonyl (C=O) groups is 1. The van der Waals surface area contributed by atoms with Crippen molar-refractivity contribution in [1.82, 2.24) is 5.32 Å². The van der Waals surface area contributed by atoms with Crippen molar-refractivity contribution in [3.8, 4) is 11.5 Å². The number of phenols is 1. The molecule has 5 atom stereocenters. The predicted molar refractivity (Wildman–Crippen MR) is 94.5 cm³/mol. The largest absolute Gasteiger partial charge is 0.504 e. The van der Waals surface area contributed by atoms with Gasteiger partial charge in [0.15, 0.2) is 23.4 Å². The van der Waals surface area contributed by atoms with Crippen LogP contribution >= 0.6 is 0 Å². The first kappa shape index (κ1) is 15.5. The summed E-state index contributed by atoms with van der Waals surface area (Å²) in [7, 11) is 1.80. The average molecular weight is 355 g/mol. The summed E-state index contributed by atoms with van der Waals surface area (Å²) in [6, 6.07) is 3.97. The summed E-state index contributed by atoms with van der Waals surface area (Å²) in [5.74, 6) is 2.07. The standard InChI is InChI=1S/C21H25NO4/c1-25-21-7-6-15(24)19-20(21)9-13(18(21)22-10-11-2-3-11)8-12-4-5-14(23)17(26-19)16(12)20/h4-5,11,13,18-19,22-23H,2-3,6-10H2,1H3/t13?,18?,19-,20?,21+/m1/s1. The Hall–Kier alpha value is -1.59. The maximum atomic E-state index is 12.9. The quantitative estimate of drug-likeness (QED) is 0.866. The van der Waals surface area contributed by atoms with Crippen LogP contribution in [0.2, 0.25) is 0 Å². The highest BCUT2D eigenvalue weighted by atomic mass is 16.5. The third-order valence-electron chi connectivity index (χ3n) is 7.87. The first-order valence-electron chi connectivity index (χ1n) is 9.94. The molecule has 0 radical (unpaired) electrons. The highest BCUT2D eigenvalue weighted by Crippen LogP contribution is 2.68. The highest BCUT2D eigenvalue weighted by molar-refractivity contribution is 5.90. The van der Waals surface area contributed by atoms with Gasteiger partial charge in [-0.3, -0.25) is 4.79 Å². The van der Waals surface area contributed by atoms with Gasteiger partial charge in [-0.25, -0.2) is 0 Å². The summed E-state index contributed by atoms with van der Waals surface area (Å²) < 4.78 is 12.5. The summed E-state index contributed by atoms with van der Waals surface area (Å²) >= 11 is 0. The van der Waals surface area contributed by atoms with Gasteiger partial charge >= 0.3 is 0 Å². The number of rotatable bonds is 4. The summed E-state index contributed by atoms with van der Waals surface area (Å²) in [5, 5.41) is 14.3. The molecule has 26 heavy (non-hydrogen) atoms. The van der Waals surface area contributed by atoms with Crippen LogP contribution in [-0.2, 0) is 21.4 Å². The zero-order chi connectivity index (χ0) is 17.7. The highest BCUT2D eigenvalue weighted by Gasteiger charge is 2.76. The van der Waals surface area contributed by atoms with Crippen molar-refractivity contribution in [3.63, 3.8) is 0 Å². The molecule has 3 saturated carbocycles. The van der Waals surface area contributed by atoms with Gasteiger partial charge in [0.1, 0.15) is 0 Å². The van der Waals surface area contributed by atoms with E-state index in [0.717, 1.165) is 37.3 Å². The molecule has 4 aliphatic carbocycles. The lowest BCUT2D eigenvalue weighted by Gasteiger charge is -2.50. The molecule has 3 fully saturated rings. The fraction of sp³-hybridized carbons (Fsp3) is 0.667. The van der Waals surface area contributed by atoms with E-state index < -0.39 is 17.1 Å². The van der Waals surface area contributed by atoms with Crippen molar-refractivity contribution in [3.05, 3.63) is 23.3 Å². The zero-order valence-corrected chi connectivity index (χ0v) is 15.1. The first-order chi connectivity index (χ1) is 12.6. The number of ketones is 1. The molecule has 138 valence electrons. The van der Waals surface area contributed by atoms with Crippen LogP contribution in [0.5, 0.6) is 11.5 Å². The Labute approximate surface area is 153 Å². The van der Waals surface area contributed by atoms with Crippen molar-refractivity contribution in [2.24, 2.45) is 11.8 Å². The van der Waals surface area contributed by atoms with Gasteiger partial charge in [0.05, 0.1) is 11.0 Å². The Morgan fingerprint density at radius 3 is 3.00 bits per heavy atom. The number of aromatic hydroxyl groups is 1. The van der Waals surface area contributed by atoms with Gasteiger partial charge in [0.2, 0.25) is 0 Å². The molecule has 0 saturated heterocycles. The molecular weight excluding hydrogens is 330 g/mol. The van der Waals surface area contributed by atoms with Gasteiger partial charge in [-0.2, -0.15) is 0 Å². The van der Waals surface area contributed by atoms with Crippen LogP contribution in [0.1, 0.15) is 43.2 Å². The van der Waals surface area contributed by atoms with Crippen LogP contribution in [0.4, 0.5) is 0 Å². The lowest BCUT2D eigenvalue weighted by molar-refractivity contribution is -0.154. The third-order valence-corrected chi connectivity index (χ3v) is 7.87. The first-order valence-corrected chi connectivity index (χ1v) is 9.94. The number of nitrogens with one attached hydrogen (secondary N) is 1. The van der Waals surface area contributed by atoms with Gasteiger partial charge in [0.25, 0.3) is 0 Å². The molecule has 1 spiro atoms. The number of Topliss-reactive ketones (excluding diaryl/α,β-unsaturated/α-hetero) is 1. The van der Waals surface area contributed by atoms with E-state index in [2.05, 4.69) is 5.32 Å². The molecule has 1 aliphatic heterocycles. The summed E-state index contributed by atoms with van der Waals surface area (Å²) in [5.41, 5.74) is 1.40. The number of phenolic OH excluding ortho intramolecular Hbond substituents is 1. The number of ether oxygens (including phenoxy) is 2. The van der Waals surface area contributed by atoms with Crippen molar-refractivity contribution < 1.29 is 19.4 Å². The summed E-state index contributed by atoms with van der Waals surface area (Å²) in [6.07, 6.45) is 5.20.